The van der Waals surface area contributed by atoms with Gasteiger partial charge in [0.05, 0.1) is 6.04 Å². The minimum Gasteiger partial charge on any atom is -0.383 e. The van der Waals surface area contributed by atoms with Crippen LogP contribution in [0.5, 0.6) is 0 Å². The molecule has 0 bridgehead atoms. The van der Waals surface area contributed by atoms with Crippen LogP contribution in [0.1, 0.15) is 18.4 Å². The summed E-state index contributed by atoms with van der Waals surface area (Å²) in [7, 11) is 0. The summed E-state index contributed by atoms with van der Waals surface area (Å²) < 4.78 is 38.3. The molecule has 1 aliphatic rings. The molecule has 1 fully saturated rings. The van der Waals surface area contributed by atoms with Crippen molar-refractivity contribution in [1.82, 2.24) is 0 Å². The molecule has 2 nitrogen and oxygen atoms in total. The van der Waals surface area contributed by atoms with Crippen molar-refractivity contribution in [3.8, 4) is 0 Å². The smallest absolute Gasteiger partial charge is 0.194 e. The zero-order valence-electron chi connectivity index (χ0n) is 7.80. The molecule has 15 heavy (non-hydrogen) atoms. The van der Waals surface area contributed by atoms with Gasteiger partial charge in [0.15, 0.2) is 17.5 Å². The van der Waals surface area contributed by atoms with E-state index in [0.29, 0.717) is 0 Å². The number of benzene rings is 1. The topological polar surface area (TPSA) is 38.4 Å². The summed E-state index contributed by atoms with van der Waals surface area (Å²) in [5.74, 6) is -3.94. The molecule has 1 aromatic carbocycles. The molecule has 0 heterocycles. The quantitative estimate of drug-likeness (QED) is 0.456. The number of nitrogens with zero attached hydrogens (tertiary/aromatic N) is 1. The average molecular weight is 214 g/mol. The molecule has 5 heteroatoms. The van der Waals surface area contributed by atoms with Gasteiger partial charge in [-0.25, -0.2) is 13.2 Å². The molecule has 1 aliphatic carbocycles. The molecule has 0 aliphatic heterocycles. The van der Waals surface area contributed by atoms with Crippen molar-refractivity contribution in [3.63, 3.8) is 0 Å². The monoisotopic (exact) mass is 214 g/mol. The van der Waals surface area contributed by atoms with Gasteiger partial charge in [-0.15, -0.1) is 0 Å². The second-order valence-corrected chi connectivity index (χ2v) is 3.50. The zero-order chi connectivity index (χ0) is 11.0. The van der Waals surface area contributed by atoms with Crippen LogP contribution in [0.3, 0.4) is 0 Å². The Bertz CT molecular complexity index is 402. The second-order valence-electron chi connectivity index (χ2n) is 3.50. The van der Waals surface area contributed by atoms with Crippen LogP contribution in [-0.2, 0) is 0 Å². The van der Waals surface area contributed by atoms with Crippen molar-refractivity contribution >= 4 is 5.84 Å². The maximum absolute atomic E-state index is 12.8. The first-order valence-corrected chi connectivity index (χ1v) is 4.56. The highest BCUT2D eigenvalue weighted by Gasteiger charge is 2.21. The third-order valence-electron chi connectivity index (χ3n) is 2.15. The third-order valence-corrected chi connectivity index (χ3v) is 2.15. The SMILES string of the molecule is NC(=NC1CC1)c1cc(F)c(F)c(F)c1. The van der Waals surface area contributed by atoms with Crippen molar-refractivity contribution in [2.75, 3.05) is 0 Å². The molecule has 0 amide bonds. The fourth-order valence-electron chi connectivity index (χ4n) is 1.18. The molecule has 1 saturated carbocycles. The highest BCUT2D eigenvalue weighted by molar-refractivity contribution is 5.97. The van der Waals surface area contributed by atoms with E-state index < -0.39 is 17.5 Å². The Morgan fingerprint density at radius 1 is 1.20 bits per heavy atom. The van der Waals surface area contributed by atoms with E-state index in [1.807, 2.05) is 0 Å². The van der Waals surface area contributed by atoms with Gasteiger partial charge in [0.25, 0.3) is 0 Å². The lowest BCUT2D eigenvalue weighted by Crippen LogP contribution is -2.15. The Kier molecular flexibility index (Phi) is 2.38. The zero-order valence-corrected chi connectivity index (χ0v) is 7.80. The number of hydrogen-bond donors (Lipinski definition) is 1. The molecule has 0 radical (unpaired) electrons. The minimum atomic E-state index is -1.49. The van der Waals surface area contributed by atoms with Gasteiger partial charge in [0, 0.05) is 5.56 Å². The normalized spacial score (nSPS) is 16.9. The summed E-state index contributed by atoms with van der Waals surface area (Å²) in [5.41, 5.74) is 5.60. The van der Waals surface area contributed by atoms with Crippen LogP contribution in [0.2, 0.25) is 0 Å². The number of rotatable bonds is 2. The van der Waals surface area contributed by atoms with Gasteiger partial charge in [-0.05, 0) is 25.0 Å². The molecule has 0 atom stereocenters. The number of hydrogen-bond acceptors (Lipinski definition) is 1. The molecule has 2 rings (SSSR count). The Morgan fingerprint density at radius 2 is 1.73 bits per heavy atom. The summed E-state index contributed by atoms with van der Waals surface area (Å²) in [6.07, 6.45) is 1.87. The van der Waals surface area contributed by atoms with Crippen LogP contribution in [0.4, 0.5) is 13.2 Å². The average Bonchev–Trinajstić information content (AvgIpc) is 2.97. The van der Waals surface area contributed by atoms with Crippen molar-refractivity contribution in [2.24, 2.45) is 10.7 Å². The fourth-order valence-corrected chi connectivity index (χ4v) is 1.18. The molecule has 80 valence electrons. The Morgan fingerprint density at radius 3 is 2.20 bits per heavy atom. The largest absolute Gasteiger partial charge is 0.383 e. The maximum Gasteiger partial charge on any atom is 0.194 e. The highest BCUT2D eigenvalue weighted by Crippen LogP contribution is 2.24. The summed E-state index contributed by atoms with van der Waals surface area (Å²) in [6, 6.07) is 1.85. The van der Waals surface area contributed by atoms with Crippen LogP contribution >= 0.6 is 0 Å². The van der Waals surface area contributed by atoms with Crippen LogP contribution in [0.15, 0.2) is 17.1 Å². The van der Waals surface area contributed by atoms with Crippen LogP contribution in [0.25, 0.3) is 0 Å². The van der Waals surface area contributed by atoms with Gasteiger partial charge in [0.2, 0.25) is 0 Å². The number of amidine groups is 1. The Labute approximate surface area is 84.6 Å². The van der Waals surface area contributed by atoms with Gasteiger partial charge in [-0.3, -0.25) is 4.99 Å². The lowest BCUT2D eigenvalue weighted by atomic mass is 10.2. The van der Waals surface area contributed by atoms with Gasteiger partial charge in [-0.2, -0.15) is 0 Å². The first-order chi connectivity index (χ1) is 7.08. The van der Waals surface area contributed by atoms with Gasteiger partial charge in [0.1, 0.15) is 5.84 Å². The molecule has 1 aromatic rings. The second kappa shape index (κ2) is 3.56. The molecule has 0 spiro atoms. The Hall–Kier alpha value is -1.52. The van der Waals surface area contributed by atoms with E-state index >= 15 is 0 Å². The summed E-state index contributed by atoms with van der Waals surface area (Å²) >= 11 is 0. The maximum atomic E-state index is 12.8. The fraction of sp³-hybridized carbons (Fsp3) is 0.300. The van der Waals surface area contributed by atoms with E-state index in [0.717, 1.165) is 25.0 Å². The Balaban J connectivity index is 2.35. The van der Waals surface area contributed by atoms with E-state index in [2.05, 4.69) is 4.99 Å². The lowest BCUT2D eigenvalue weighted by molar-refractivity contribution is 0.447. The summed E-state index contributed by atoms with van der Waals surface area (Å²) in [4.78, 5) is 4.01. The highest BCUT2D eigenvalue weighted by atomic mass is 19.2. The molecule has 0 unspecified atom stereocenters. The predicted molar refractivity (Wildman–Crippen MR) is 50.1 cm³/mol. The molecular formula is C10H9F3N2. The van der Waals surface area contributed by atoms with Crippen LogP contribution < -0.4 is 5.73 Å². The van der Waals surface area contributed by atoms with E-state index in [1.165, 1.54) is 0 Å². The van der Waals surface area contributed by atoms with Crippen molar-refractivity contribution in [3.05, 3.63) is 35.1 Å². The number of aliphatic imine (C=N–C) groups is 1. The minimum absolute atomic E-state index is 0.0512. The first kappa shape index (κ1) is 10.0. The van der Waals surface area contributed by atoms with Gasteiger partial charge in [-0.1, -0.05) is 0 Å². The lowest BCUT2D eigenvalue weighted by Gasteiger charge is -2.02. The number of nitrogens with two attached hydrogens (primary N) is 1. The third kappa shape index (κ3) is 2.11. The first-order valence-electron chi connectivity index (χ1n) is 4.56. The van der Waals surface area contributed by atoms with E-state index in [4.69, 9.17) is 5.73 Å². The predicted octanol–water partition coefficient (Wildman–Crippen LogP) is 1.97. The molecular weight excluding hydrogens is 205 g/mol. The summed E-state index contributed by atoms with van der Waals surface area (Å²) in [5, 5.41) is 0. The van der Waals surface area contributed by atoms with Crippen molar-refractivity contribution in [1.29, 1.82) is 0 Å². The standard InChI is InChI=1S/C10H9F3N2/c11-7-3-5(4-8(12)9(7)13)10(14)15-6-1-2-6/h3-4,6H,1-2H2,(H2,14,15). The van der Waals surface area contributed by atoms with Crippen LogP contribution in [-0.4, -0.2) is 11.9 Å². The van der Waals surface area contributed by atoms with E-state index in [9.17, 15) is 13.2 Å². The van der Waals surface area contributed by atoms with Gasteiger partial charge < -0.3 is 5.73 Å². The number of halogens is 3. The molecule has 2 N–H and O–H groups in total. The van der Waals surface area contributed by atoms with Crippen molar-refractivity contribution < 1.29 is 13.2 Å². The van der Waals surface area contributed by atoms with E-state index in [-0.39, 0.29) is 17.4 Å². The van der Waals surface area contributed by atoms with Gasteiger partial charge >= 0.3 is 0 Å². The van der Waals surface area contributed by atoms with E-state index in [1.54, 1.807) is 0 Å². The van der Waals surface area contributed by atoms with Crippen molar-refractivity contribution in [2.45, 2.75) is 18.9 Å². The molecule has 0 aromatic heterocycles. The molecule has 0 saturated heterocycles. The summed E-state index contributed by atoms with van der Waals surface area (Å²) in [6.45, 7) is 0. The van der Waals surface area contributed by atoms with Crippen LogP contribution in [0, 0.1) is 17.5 Å².